The molecule has 2 aromatic carbocycles. The Labute approximate surface area is 128 Å². The molecular weight excluding hydrogens is 293 g/mol. The number of aliphatic hydroxyl groups is 1. The van der Waals surface area contributed by atoms with Crippen molar-refractivity contribution in [3.63, 3.8) is 0 Å². The van der Waals surface area contributed by atoms with Crippen LogP contribution in [0.5, 0.6) is 0 Å². The predicted octanol–water partition coefficient (Wildman–Crippen LogP) is 3.83. The molecule has 0 saturated carbocycles. The lowest BCUT2D eigenvalue weighted by Gasteiger charge is -2.25. The van der Waals surface area contributed by atoms with Crippen LogP contribution in [0.2, 0.25) is 10.0 Å². The van der Waals surface area contributed by atoms with Crippen molar-refractivity contribution in [3.05, 3.63) is 69.2 Å². The normalized spacial score (nSPS) is 24.7. The Morgan fingerprint density at radius 1 is 1.10 bits per heavy atom. The summed E-state index contributed by atoms with van der Waals surface area (Å²) in [6.07, 6.45) is 0.851. The van der Waals surface area contributed by atoms with Crippen LogP contribution in [0.1, 0.15) is 29.2 Å². The van der Waals surface area contributed by atoms with Gasteiger partial charge in [-0.1, -0.05) is 53.5 Å². The van der Waals surface area contributed by atoms with Gasteiger partial charge in [-0.15, -0.1) is 0 Å². The maximum Gasteiger partial charge on any atom is 0.0959 e. The van der Waals surface area contributed by atoms with Crippen LogP contribution in [0, 0.1) is 0 Å². The number of hydrogen-bond acceptors (Lipinski definition) is 2. The van der Waals surface area contributed by atoms with Crippen LogP contribution in [0.15, 0.2) is 42.5 Å². The molecule has 3 N–H and O–H groups in total. The highest BCUT2D eigenvalue weighted by atomic mass is 35.5. The summed E-state index contributed by atoms with van der Waals surface area (Å²) in [6, 6.07) is 13.0. The fraction of sp³-hybridized carbons (Fsp3) is 0.250. The second-order valence-corrected chi connectivity index (χ2v) is 6.12. The molecule has 0 heterocycles. The molecule has 2 nitrogen and oxygen atoms in total. The average molecular weight is 308 g/mol. The van der Waals surface area contributed by atoms with E-state index in [1.54, 1.807) is 18.2 Å². The zero-order chi connectivity index (χ0) is 14.3. The third kappa shape index (κ3) is 2.23. The molecule has 0 spiro atoms. The highest BCUT2D eigenvalue weighted by Crippen LogP contribution is 2.45. The third-order valence-corrected chi connectivity index (χ3v) is 4.66. The molecule has 0 radical (unpaired) electrons. The van der Waals surface area contributed by atoms with Crippen LogP contribution in [-0.4, -0.2) is 5.11 Å². The van der Waals surface area contributed by atoms with Crippen molar-refractivity contribution >= 4 is 23.2 Å². The summed E-state index contributed by atoms with van der Waals surface area (Å²) in [6.45, 7) is 0. The lowest BCUT2D eigenvalue weighted by molar-refractivity contribution is 0.0342. The van der Waals surface area contributed by atoms with Crippen molar-refractivity contribution in [1.82, 2.24) is 0 Å². The second kappa shape index (κ2) is 5.05. The zero-order valence-corrected chi connectivity index (χ0v) is 12.3. The smallest absolute Gasteiger partial charge is 0.0959 e. The molecule has 4 heteroatoms. The Morgan fingerprint density at radius 3 is 2.45 bits per heavy atom. The predicted molar refractivity (Wildman–Crippen MR) is 82.1 cm³/mol. The van der Waals surface area contributed by atoms with Crippen LogP contribution in [0.4, 0.5) is 0 Å². The molecule has 1 aliphatic rings. The van der Waals surface area contributed by atoms with E-state index in [0.717, 1.165) is 16.7 Å². The average Bonchev–Trinajstić information content (AvgIpc) is 2.67. The van der Waals surface area contributed by atoms with Gasteiger partial charge in [0.25, 0.3) is 0 Å². The van der Waals surface area contributed by atoms with Crippen molar-refractivity contribution in [2.75, 3.05) is 0 Å². The monoisotopic (exact) mass is 307 g/mol. The molecule has 2 aromatic rings. The number of nitrogens with two attached hydrogens (primary N) is 1. The van der Waals surface area contributed by atoms with Gasteiger partial charge in [0.2, 0.25) is 0 Å². The minimum absolute atomic E-state index is 0.155. The van der Waals surface area contributed by atoms with Gasteiger partial charge in [-0.05, 0) is 35.2 Å². The number of halogens is 2. The Balaban J connectivity index is 2.03. The number of rotatable bonds is 2. The summed E-state index contributed by atoms with van der Waals surface area (Å²) in [5, 5.41) is 12.2. The molecule has 0 aliphatic heterocycles. The standard InChI is InChI=1S/C16H15Cl2NO/c17-13-6-3-7-14(18)11(13)8-16(20)9-15(19)10-4-1-2-5-12(10)16/h1-7,15,20H,8-9,19H2. The molecule has 0 aromatic heterocycles. The summed E-state index contributed by atoms with van der Waals surface area (Å²) >= 11 is 12.4. The molecule has 0 amide bonds. The lowest BCUT2D eigenvalue weighted by atomic mass is 9.88. The Hall–Kier alpha value is -1.06. The maximum absolute atomic E-state index is 11.0. The van der Waals surface area contributed by atoms with Crippen LogP contribution in [0.25, 0.3) is 0 Å². The molecular formula is C16H15Cl2NO. The minimum Gasteiger partial charge on any atom is -0.385 e. The first-order chi connectivity index (χ1) is 9.51. The van der Waals surface area contributed by atoms with E-state index in [4.69, 9.17) is 28.9 Å². The fourth-order valence-electron chi connectivity index (χ4n) is 2.99. The van der Waals surface area contributed by atoms with Crippen molar-refractivity contribution in [2.45, 2.75) is 24.5 Å². The maximum atomic E-state index is 11.0. The quantitative estimate of drug-likeness (QED) is 0.886. The number of hydrogen-bond donors (Lipinski definition) is 2. The SMILES string of the molecule is NC1CC(O)(Cc2c(Cl)cccc2Cl)c2ccccc21. The van der Waals surface area contributed by atoms with E-state index in [-0.39, 0.29) is 6.04 Å². The molecule has 2 atom stereocenters. The highest BCUT2D eigenvalue weighted by molar-refractivity contribution is 6.36. The van der Waals surface area contributed by atoms with E-state index in [1.165, 1.54) is 0 Å². The van der Waals surface area contributed by atoms with Gasteiger partial charge in [-0.3, -0.25) is 0 Å². The summed E-state index contributed by atoms with van der Waals surface area (Å²) in [5.74, 6) is 0. The molecule has 20 heavy (non-hydrogen) atoms. The first kappa shape index (κ1) is 13.9. The van der Waals surface area contributed by atoms with E-state index in [9.17, 15) is 5.11 Å². The molecule has 3 rings (SSSR count). The van der Waals surface area contributed by atoms with Gasteiger partial charge >= 0.3 is 0 Å². The molecule has 0 fully saturated rings. The molecule has 2 unspecified atom stereocenters. The summed E-state index contributed by atoms with van der Waals surface area (Å²) in [4.78, 5) is 0. The molecule has 0 saturated heterocycles. The molecule has 1 aliphatic carbocycles. The Morgan fingerprint density at radius 2 is 1.75 bits per heavy atom. The van der Waals surface area contributed by atoms with Crippen molar-refractivity contribution < 1.29 is 5.11 Å². The first-order valence-electron chi connectivity index (χ1n) is 6.51. The van der Waals surface area contributed by atoms with Gasteiger partial charge in [-0.25, -0.2) is 0 Å². The Bertz CT molecular complexity index is 638. The summed E-state index contributed by atoms with van der Waals surface area (Å²) < 4.78 is 0. The van der Waals surface area contributed by atoms with E-state index in [0.29, 0.717) is 22.9 Å². The van der Waals surface area contributed by atoms with Crippen LogP contribution in [0.3, 0.4) is 0 Å². The van der Waals surface area contributed by atoms with Crippen LogP contribution < -0.4 is 5.73 Å². The third-order valence-electron chi connectivity index (χ3n) is 3.95. The highest BCUT2D eigenvalue weighted by Gasteiger charge is 2.41. The Kier molecular flexibility index (Phi) is 3.51. The van der Waals surface area contributed by atoms with Gasteiger partial charge in [-0.2, -0.15) is 0 Å². The minimum atomic E-state index is -1.01. The largest absolute Gasteiger partial charge is 0.385 e. The van der Waals surface area contributed by atoms with Gasteiger partial charge in [0.05, 0.1) is 5.60 Å². The van der Waals surface area contributed by atoms with E-state index >= 15 is 0 Å². The number of fused-ring (bicyclic) bond motifs is 1. The van der Waals surface area contributed by atoms with Crippen molar-refractivity contribution in [2.24, 2.45) is 5.73 Å². The lowest BCUT2D eigenvalue weighted by Crippen LogP contribution is -2.26. The van der Waals surface area contributed by atoms with E-state index in [1.807, 2.05) is 24.3 Å². The first-order valence-corrected chi connectivity index (χ1v) is 7.27. The molecule has 0 bridgehead atoms. The molecule has 104 valence electrons. The number of benzene rings is 2. The van der Waals surface area contributed by atoms with Gasteiger partial charge in [0.15, 0.2) is 0 Å². The van der Waals surface area contributed by atoms with Crippen molar-refractivity contribution in [1.29, 1.82) is 0 Å². The van der Waals surface area contributed by atoms with Crippen molar-refractivity contribution in [3.8, 4) is 0 Å². The summed E-state index contributed by atoms with van der Waals surface area (Å²) in [7, 11) is 0. The summed E-state index contributed by atoms with van der Waals surface area (Å²) in [5.41, 5.74) is 7.76. The second-order valence-electron chi connectivity index (χ2n) is 5.31. The van der Waals surface area contributed by atoms with Gasteiger partial charge < -0.3 is 10.8 Å². The topological polar surface area (TPSA) is 46.2 Å². The van der Waals surface area contributed by atoms with Crippen LogP contribution >= 0.6 is 23.2 Å². The zero-order valence-electron chi connectivity index (χ0n) is 10.8. The van der Waals surface area contributed by atoms with Gasteiger partial charge in [0.1, 0.15) is 0 Å². The van der Waals surface area contributed by atoms with Crippen LogP contribution in [-0.2, 0) is 12.0 Å². The van der Waals surface area contributed by atoms with E-state index in [2.05, 4.69) is 0 Å². The van der Waals surface area contributed by atoms with E-state index < -0.39 is 5.60 Å². The fourth-order valence-corrected chi connectivity index (χ4v) is 3.52. The van der Waals surface area contributed by atoms with Gasteiger partial charge in [0, 0.05) is 22.5 Å².